The van der Waals surface area contributed by atoms with Crippen molar-refractivity contribution < 1.29 is 0 Å². The predicted molar refractivity (Wildman–Crippen MR) is 58.5 cm³/mol. The Morgan fingerprint density at radius 1 is 1.38 bits per heavy atom. The van der Waals surface area contributed by atoms with Gasteiger partial charge in [-0.3, -0.25) is 0 Å². The van der Waals surface area contributed by atoms with Crippen molar-refractivity contribution >= 4 is 11.6 Å². The molecule has 0 aliphatic carbocycles. The Kier molecular flexibility index (Phi) is 5.07. The average Bonchev–Trinajstić information content (AvgIpc) is 2.51. The van der Waals surface area contributed by atoms with E-state index in [9.17, 15) is 0 Å². The molecule has 1 aliphatic heterocycles. The number of halogens is 1. The van der Waals surface area contributed by atoms with E-state index in [4.69, 9.17) is 11.6 Å². The van der Waals surface area contributed by atoms with Gasteiger partial charge >= 0.3 is 0 Å². The van der Waals surface area contributed by atoms with Gasteiger partial charge in [-0.25, -0.2) is 0 Å². The van der Waals surface area contributed by atoms with Crippen LogP contribution >= 0.6 is 11.6 Å². The first-order chi connectivity index (χ1) is 6.18. The molecule has 1 aliphatic rings. The Morgan fingerprint density at radius 3 is 2.54 bits per heavy atom. The molecule has 0 aromatic carbocycles. The van der Waals surface area contributed by atoms with Gasteiger partial charge in [0.25, 0.3) is 0 Å². The van der Waals surface area contributed by atoms with Gasteiger partial charge in [-0.15, -0.1) is 11.6 Å². The lowest BCUT2D eigenvalue weighted by Gasteiger charge is -2.21. The van der Waals surface area contributed by atoms with Gasteiger partial charge in [0.2, 0.25) is 0 Å². The zero-order chi connectivity index (χ0) is 9.68. The first-order valence-corrected chi connectivity index (χ1v) is 5.67. The van der Waals surface area contributed by atoms with Crippen LogP contribution in [0.2, 0.25) is 0 Å². The van der Waals surface area contributed by atoms with Crippen molar-refractivity contribution in [3.63, 3.8) is 0 Å². The third-order valence-corrected chi connectivity index (χ3v) is 2.70. The predicted octanol–water partition coefficient (Wildman–Crippen LogP) is 1.64. The van der Waals surface area contributed by atoms with Crippen LogP contribution in [-0.4, -0.2) is 54.9 Å². The number of hydrogen-bond donors (Lipinski definition) is 0. The standard InChI is InChI=1S/C10H21ClN2/c1-10(11)9-12(2)7-8-13-5-3-4-6-13/h10H,3-9H2,1-2H3. The number of nitrogens with zero attached hydrogens (tertiary/aromatic N) is 2. The van der Waals surface area contributed by atoms with E-state index in [1.54, 1.807) is 0 Å². The zero-order valence-corrected chi connectivity index (χ0v) is 9.56. The molecule has 0 N–H and O–H groups in total. The van der Waals surface area contributed by atoms with E-state index in [1.165, 1.54) is 32.5 Å². The van der Waals surface area contributed by atoms with E-state index < -0.39 is 0 Å². The summed E-state index contributed by atoms with van der Waals surface area (Å²) in [6.45, 7) is 8.00. The fraction of sp³-hybridized carbons (Fsp3) is 1.00. The van der Waals surface area contributed by atoms with Crippen LogP contribution in [0, 0.1) is 0 Å². The van der Waals surface area contributed by atoms with E-state index in [0.29, 0.717) is 0 Å². The topological polar surface area (TPSA) is 6.48 Å². The fourth-order valence-corrected chi connectivity index (χ4v) is 2.07. The molecule has 3 heteroatoms. The molecule has 1 saturated heterocycles. The Labute approximate surface area is 86.8 Å². The minimum atomic E-state index is 0.267. The maximum absolute atomic E-state index is 5.91. The summed E-state index contributed by atoms with van der Waals surface area (Å²) in [5.74, 6) is 0. The highest BCUT2D eigenvalue weighted by Gasteiger charge is 2.11. The second kappa shape index (κ2) is 5.84. The molecule has 78 valence electrons. The van der Waals surface area contributed by atoms with Crippen molar-refractivity contribution in [2.24, 2.45) is 0 Å². The second-order valence-electron chi connectivity index (χ2n) is 4.09. The average molecular weight is 205 g/mol. The van der Waals surface area contributed by atoms with Crippen LogP contribution < -0.4 is 0 Å². The lowest BCUT2D eigenvalue weighted by Crippen LogP contribution is -2.33. The Hall–Kier alpha value is 0.210. The monoisotopic (exact) mass is 204 g/mol. The lowest BCUT2D eigenvalue weighted by molar-refractivity contribution is 0.258. The lowest BCUT2D eigenvalue weighted by atomic mass is 10.4. The highest BCUT2D eigenvalue weighted by molar-refractivity contribution is 6.20. The number of alkyl halides is 1. The van der Waals surface area contributed by atoms with E-state index in [2.05, 4.69) is 16.8 Å². The van der Waals surface area contributed by atoms with Crippen LogP contribution in [0.5, 0.6) is 0 Å². The molecule has 1 heterocycles. The van der Waals surface area contributed by atoms with E-state index in [-0.39, 0.29) is 5.38 Å². The van der Waals surface area contributed by atoms with Gasteiger partial charge in [0.15, 0.2) is 0 Å². The third-order valence-electron chi connectivity index (χ3n) is 2.56. The van der Waals surface area contributed by atoms with Crippen LogP contribution in [0.3, 0.4) is 0 Å². The summed E-state index contributed by atoms with van der Waals surface area (Å²) in [6, 6.07) is 0. The molecule has 0 saturated carbocycles. The number of likely N-dealkylation sites (N-methyl/N-ethyl adjacent to an activating group) is 1. The summed E-state index contributed by atoms with van der Waals surface area (Å²) in [5, 5.41) is 0.267. The second-order valence-corrected chi connectivity index (χ2v) is 4.84. The van der Waals surface area contributed by atoms with Crippen LogP contribution in [0.25, 0.3) is 0 Å². The van der Waals surface area contributed by atoms with E-state index in [1.807, 2.05) is 6.92 Å². The molecule has 0 spiro atoms. The van der Waals surface area contributed by atoms with Gasteiger partial charge in [-0.1, -0.05) is 0 Å². The Balaban J connectivity index is 2.03. The van der Waals surface area contributed by atoms with E-state index >= 15 is 0 Å². The minimum absolute atomic E-state index is 0.267. The van der Waals surface area contributed by atoms with Crippen LogP contribution in [0.4, 0.5) is 0 Å². The highest BCUT2D eigenvalue weighted by Crippen LogP contribution is 2.06. The fourth-order valence-electron chi connectivity index (χ4n) is 1.84. The van der Waals surface area contributed by atoms with Crippen molar-refractivity contribution in [1.29, 1.82) is 0 Å². The highest BCUT2D eigenvalue weighted by atomic mass is 35.5. The molecular formula is C10H21ClN2. The molecule has 1 unspecified atom stereocenters. The first kappa shape index (κ1) is 11.3. The molecule has 0 amide bonds. The SMILES string of the molecule is CC(Cl)CN(C)CCN1CCCC1. The van der Waals surface area contributed by atoms with Crippen molar-refractivity contribution in [2.45, 2.75) is 25.1 Å². The molecule has 2 nitrogen and oxygen atoms in total. The summed E-state index contributed by atoms with van der Waals surface area (Å²) in [5.41, 5.74) is 0. The van der Waals surface area contributed by atoms with Crippen molar-refractivity contribution in [2.75, 3.05) is 39.8 Å². The Bertz CT molecular complexity index is 133. The molecule has 0 aromatic rings. The Morgan fingerprint density at radius 2 is 2.00 bits per heavy atom. The van der Waals surface area contributed by atoms with Gasteiger partial charge in [-0.2, -0.15) is 0 Å². The van der Waals surface area contributed by atoms with Gasteiger partial charge in [0, 0.05) is 25.0 Å². The van der Waals surface area contributed by atoms with Crippen molar-refractivity contribution in [1.82, 2.24) is 9.80 Å². The van der Waals surface area contributed by atoms with Gasteiger partial charge < -0.3 is 9.80 Å². The third kappa shape index (κ3) is 4.84. The number of likely N-dealkylation sites (tertiary alicyclic amines) is 1. The molecule has 0 radical (unpaired) electrons. The van der Waals surface area contributed by atoms with Crippen LogP contribution in [-0.2, 0) is 0 Å². The quantitative estimate of drug-likeness (QED) is 0.629. The summed E-state index contributed by atoms with van der Waals surface area (Å²) >= 11 is 5.91. The maximum atomic E-state index is 5.91. The van der Waals surface area contributed by atoms with Gasteiger partial charge in [0.05, 0.1) is 0 Å². The van der Waals surface area contributed by atoms with Crippen LogP contribution in [0.15, 0.2) is 0 Å². The smallest absolute Gasteiger partial charge is 0.0434 e. The summed E-state index contributed by atoms with van der Waals surface area (Å²) < 4.78 is 0. The normalized spacial score (nSPS) is 21.2. The van der Waals surface area contributed by atoms with Gasteiger partial charge in [-0.05, 0) is 39.9 Å². The molecule has 1 rings (SSSR count). The summed E-state index contributed by atoms with van der Waals surface area (Å²) in [6.07, 6.45) is 2.77. The van der Waals surface area contributed by atoms with Crippen molar-refractivity contribution in [3.05, 3.63) is 0 Å². The summed E-state index contributed by atoms with van der Waals surface area (Å²) in [4.78, 5) is 4.85. The molecule has 13 heavy (non-hydrogen) atoms. The maximum Gasteiger partial charge on any atom is 0.0434 e. The molecule has 0 aromatic heterocycles. The van der Waals surface area contributed by atoms with Gasteiger partial charge in [0.1, 0.15) is 0 Å². The largest absolute Gasteiger partial charge is 0.304 e. The van der Waals surface area contributed by atoms with Crippen LogP contribution in [0.1, 0.15) is 19.8 Å². The minimum Gasteiger partial charge on any atom is -0.304 e. The number of hydrogen-bond acceptors (Lipinski definition) is 2. The number of rotatable bonds is 5. The zero-order valence-electron chi connectivity index (χ0n) is 8.80. The molecular weight excluding hydrogens is 184 g/mol. The molecule has 1 fully saturated rings. The first-order valence-electron chi connectivity index (χ1n) is 5.23. The summed E-state index contributed by atoms with van der Waals surface area (Å²) in [7, 11) is 2.15. The van der Waals surface area contributed by atoms with Crippen molar-refractivity contribution in [3.8, 4) is 0 Å². The molecule has 1 atom stereocenters. The van der Waals surface area contributed by atoms with E-state index in [0.717, 1.165) is 13.1 Å². The molecule has 0 bridgehead atoms.